The van der Waals surface area contributed by atoms with Gasteiger partial charge < -0.3 is 14.6 Å². The van der Waals surface area contributed by atoms with Gasteiger partial charge >= 0.3 is 0 Å². The van der Waals surface area contributed by atoms with E-state index in [1.165, 1.54) is 0 Å². The second kappa shape index (κ2) is 12.1. The van der Waals surface area contributed by atoms with E-state index in [1.54, 1.807) is 37.5 Å². The molecule has 2 rings (SSSR count). The minimum absolute atomic E-state index is 0.0645. The van der Waals surface area contributed by atoms with Gasteiger partial charge in [-0.05, 0) is 47.6 Å². The molecule has 32 heavy (non-hydrogen) atoms. The molecule has 0 heterocycles. The smallest absolute Gasteiger partial charge is 0.207 e. The number of halogens is 2. The highest BCUT2D eigenvalue weighted by atomic mass is 35.5. The SMILES string of the molecule is C/C=C\C=C(/C)[S+]([O-])Nc1cc(Cl)c(Cl)cc1N[SH](C)(=O)C1C=CC(NC=O)C(CC)C1. The van der Waals surface area contributed by atoms with Gasteiger partial charge in [0.1, 0.15) is 17.0 Å². The summed E-state index contributed by atoms with van der Waals surface area (Å²) in [4.78, 5) is 11.5. The lowest BCUT2D eigenvalue weighted by Gasteiger charge is -2.37. The maximum Gasteiger partial charge on any atom is 0.207 e. The summed E-state index contributed by atoms with van der Waals surface area (Å²) in [6, 6.07) is 3.10. The molecule has 0 saturated carbocycles. The van der Waals surface area contributed by atoms with Crippen LogP contribution in [0.4, 0.5) is 11.4 Å². The van der Waals surface area contributed by atoms with Crippen molar-refractivity contribution in [3.63, 3.8) is 0 Å². The number of benzene rings is 1. The van der Waals surface area contributed by atoms with Crippen molar-refractivity contribution in [1.29, 1.82) is 0 Å². The fourth-order valence-electron chi connectivity index (χ4n) is 3.52. The van der Waals surface area contributed by atoms with Crippen molar-refractivity contribution < 1.29 is 13.6 Å². The van der Waals surface area contributed by atoms with Gasteiger partial charge in [-0.15, -0.1) is 0 Å². The van der Waals surface area contributed by atoms with Gasteiger partial charge in [0, 0.05) is 24.5 Å². The quantitative estimate of drug-likeness (QED) is 0.115. The molecule has 0 aliphatic heterocycles. The lowest BCUT2D eigenvalue weighted by Crippen LogP contribution is -2.43. The molecule has 178 valence electrons. The normalized spacial score (nSPS) is 23.1. The average Bonchev–Trinajstić information content (AvgIpc) is 2.75. The van der Waals surface area contributed by atoms with Crippen molar-refractivity contribution >= 4 is 62.5 Å². The number of rotatable bonds is 10. The number of nitrogens with one attached hydrogen (secondary N) is 3. The number of thiol groups is 1. The summed E-state index contributed by atoms with van der Waals surface area (Å²) in [5, 5.41) is 3.19. The maximum absolute atomic E-state index is 13.7. The Labute approximate surface area is 204 Å². The number of carbonyl (C=O) groups excluding carboxylic acids is 1. The van der Waals surface area contributed by atoms with Gasteiger partial charge in [-0.3, -0.25) is 9.00 Å². The summed E-state index contributed by atoms with van der Waals surface area (Å²) in [5.41, 5.74) is 0.910. The molecule has 4 atom stereocenters. The topological polar surface area (TPSA) is 93.3 Å². The van der Waals surface area contributed by atoms with Crippen LogP contribution in [0.2, 0.25) is 10.0 Å². The Morgan fingerprint density at radius 1 is 1.28 bits per heavy atom. The monoisotopic (exact) mass is 519 g/mol. The van der Waals surface area contributed by atoms with Crippen LogP contribution in [0.1, 0.15) is 33.6 Å². The van der Waals surface area contributed by atoms with E-state index in [0.29, 0.717) is 39.2 Å². The average molecular weight is 521 g/mol. The van der Waals surface area contributed by atoms with Crippen LogP contribution >= 0.6 is 23.2 Å². The Kier molecular flexibility index (Phi) is 10.2. The second-order valence-electron chi connectivity index (χ2n) is 7.75. The highest BCUT2D eigenvalue weighted by Gasteiger charge is 2.31. The maximum atomic E-state index is 13.7. The molecule has 6 nitrogen and oxygen atoms in total. The van der Waals surface area contributed by atoms with Crippen LogP contribution in [0, 0.1) is 5.92 Å². The number of allylic oxidation sites excluding steroid dienone is 4. The zero-order valence-corrected chi connectivity index (χ0v) is 21.8. The third kappa shape index (κ3) is 7.02. The van der Waals surface area contributed by atoms with Crippen molar-refractivity contribution in [2.75, 3.05) is 15.7 Å². The standard InChI is InChI=1S/C22H31Cl2N3O3S2/c1-5-7-8-15(3)31(29)26-21-12-18(23)19(24)13-22(21)27-32(4,30)17-9-10-20(25-14-28)16(6-2)11-17/h5,7-10,12-14,16-17,20,26,32H,6,11H2,1-4H3,(H,25,28)(H,27,30)/b7-5-,15-8+. The third-order valence-corrected chi connectivity index (χ3v) is 9.61. The Balaban J connectivity index is 2.31. The fourth-order valence-corrected chi connectivity index (χ4v) is 6.51. The molecular formula is C22H31Cl2N3O3S2. The predicted octanol–water partition coefficient (Wildman–Crippen LogP) is 4.99. The molecule has 0 fully saturated rings. The van der Waals surface area contributed by atoms with Crippen LogP contribution in [-0.2, 0) is 26.3 Å². The molecule has 0 spiro atoms. The van der Waals surface area contributed by atoms with Gasteiger partial charge in [0.2, 0.25) is 6.41 Å². The van der Waals surface area contributed by atoms with Crippen LogP contribution in [0.5, 0.6) is 0 Å². The first kappa shape index (κ1) is 26.8. The molecule has 0 saturated heterocycles. The molecule has 0 bridgehead atoms. The van der Waals surface area contributed by atoms with Crippen molar-refractivity contribution in [3.8, 4) is 0 Å². The fraction of sp³-hybridized carbons (Fsp3) is 0.409. The molecule has 0 radical (unpaired) electrons. The highest BCUT2D eigenvalue weighted by molar-refractivity contribution is 8.04. The van der Waals surface area contributed by atoms with E-state index in [4.69, 9.17) is 23.2 Å². The van der Waals surface area contributed by atoms with E-state index in [1.807, 2.05) is 32.1 Å². The third-order valence-electron chi connectivity index (χ3n) is 5.43. The number of carbonyl (C=O) groups is 1. The number of hydrogen-bond acceptors (Lipinski definition) is 4. The lowest BCUT2D eigenvalue weighted by molar-refractivity contribution is -0.110. The molecule has 1 aromatic carbocycles. The van der Waals surface area contributed by atoms with Crippen LogP contribution in [-0.4, -0.2) is 32.7 Å². The van der Waals surface area contributed by atoms with E-state index in [2.05, 4.69) is 14.8 Å². The minimum atomic E-state index is -2.95. The predicted molar refractivity (Wildman–Crippen MR) is 140 cm³/mol. The van der Waals surface area contributed by atoms with E-state index in [9.17, 15) is 13.6 Å². The Bertz CT molecular complexity index is 953. The molecular weight excluding hydrogens is 489 g/mol. The van der Waals surface area contributed by atoms with Gasteiger partial charge in [-0.2, -0.15) is 0 Å². The summed E-state index contributed by atoms with van der Waals surface area (Å²) in [6.45, 7) is 5.67. The molecule has 1 amide bonds. The van der Waals surface area contributed by atoms with Gasteiger partial charge in [0.05, 0.1) is 15.7 Å². The lowest BCUT2D eigenvalue weighted by atomic mass is 9.87. The van der Waals surface area contributed by atoms with Gasteiger partial charge in [0.15, 0.2) is 4.91 Å². The zero-order chi connectivity index (χ0) is 23.9. The van der Waals surface area contributed by atoms with Crippen molar-refractivity contribution in [1.82, 2.24) is 5.32 Å². The molecule has 1 aliphatic carbocycles. The van der Waals surface area contributed by atoms with Gasteiger partial charge in [0.25, 0.3) is 0 Å². The van der Waals surface area contributed by atoms with E-state index >= 15 is 0 Å². The first-order valence-electron chi connectivity index (χ1n) is 10.3. The second-order valence-corrected chi connectivity index (χ2v) is 12.8. The molecule has 1 aliphatic rings. The summed E-state index contributed by atoms with van der Waals surface area (Å²) in [6.07, 6.45) is 13.1. The van der Waals surface area contributed by atoms with Crippen molar-refractivity contribution in [3.05, 3.63) is 57.5 Å². The van der Waals surface area contributed by atoms with Crippen LogP contribution < -0.4 is 14.8 Å². The molecule has 1 aromatic rings. The van der Waals surface area contributed by atoms with Gasteiger partial charge in [-0.25, -0.2) is 4.72 Å². The molecule has 0 aromatic heterocycles. The first-order chi connectivity index (χ1) is 15.1. The number of amides is 1. The summed E-state index contributed by atoms with van der Waals surface area (Å²) < 4.78 is 32.5. The highest BCUT2D eigenvalue weighted by Crippen LogP contribution is 2.37. The molecule has 3 N–H and O–H groups in total. The Morgan fingerprint density at radius 3 is 2.53 bits per heavy atom. The molecule has 4 unspecified atom stereocenters. The van der Waals surface area contributed by atoms with E-state index in [0.717, 1.165) is 6.42 Å². The van der Waals surface area contributed by atoms with Crippen LogP contribution in [0.15, 0.2) is 47.4 Å². The minimum Gasteiger partial charge on any atom is -0.588 e. The number of anilines is 2. The summed E-state index contributed by atoms with van der Waals surface area (Å²) in [5.74, 6) is 0.184. The number of hydrogen-bond donors (Lipinski definition) is 4. The van der Waals surface area contributed by atoms with Crippen LogP contribution in [0.3, 0.4) is 0 Å². The largest absolute Gasteiger partial charge is 0.588 e. The first-order valence-corrected chi connectivity index (χ1v) is 14.5. The van der Waals surface area contributed by atoms with Crippen LogP contribution in [0.25, 0.3) is 0 Å². The van der Waals surface area contributed by atoms with Gasteiger partial charge in [-0.1, -0.05) is 60.9 Å². The van der Waals surface area contributed by atoms with Crippen molar-refractivity contribution in [2.45, 2.75) is 44.9 Å². The van der Waals surface area contributed by atoms with E-state index in [-0.39, 0.29) is 17.2 Å². The zero-order valence-electron chi connectivity index (χ0n) is 18.6. The summed E-state index contributed by atoms with van der Waals surface area (Å²) >= 11 is 10.9. The Hall–Kier alpha value is -1.45. The Morgan fingerprint density at radius 2 is 1.94 bits per heavy atom. The van der Waals surface area contributed by atoms with E-state index < -0.39 is 21.5 Å². The van der Waals surface area contributed by atoms with Crippen molar-refractivity contribution in [2.24, 2.45) is 5.92 Å². The molecule has 10 heteroatoms. The summed E-state index contributed by atoms with van der Waals surface area (Å²) in [7, 11) is -2.95.